The zero-order chi connectivity index (χ0) is 13.4. The summed E-state index contributed by atoms with van der Waals surface area (Å²) in [5.74, 6) is 0.0849. The second kappa shape index (κ2) is 8.02. The quantitative estimate of drug-likeness (QED) is 0.624. The van der Waals surface area contributed by atoms with Crippen LogP contribution in [0.5, 0.6) is 0 Å². The van der Waals surface area contributed by atoms with Gasteiger partial charge in [0.25, 0.3) is 0 Å². The average Bonchev–Trinajstić information content (AvgIpc) is 2.33. The van der Waals surface area contributed by atoms with Crippen molar-refractivity contribution in [1.82, 2.24) is 10.6 Å². The molecular formula is C13H26N2O2S. The fourth-order valence-corrected chi connectivity index (χ4v) is 2.96. The maximum atomic E-state index is 11.8. The first-order valence-corrected chi connectivity index (χ1v) is 7.91. The number of hydrogen-bond donors (Lipinski definition) is 2. The molecule has 1 aliphatic carbocycles. The van der Waals surface area contributed by atoms with Crippen LogP contribution in [0.25, 0.3) is 0 Å². The Bertz CT molecular complexity index is 252. The fourth-order valence-electron chi connectivity index (χ4n) is 2.04. The highest BCUT2D eigenvalue weighted by Gasteiger charge is 2.36. The summed E-state index contributed by atoms with van der Waals surface area (Å²) in [4.78, 5) is 11.8. The molecular weight excluding hydrogens is 248 g/mol. The largest absolute Gasteiger partial charge is 0.385 e. The summed E-state index contributed by atoms with van der Waals surface area (Å²) >= 11 is 1.93. The lowest BCUT2D eigenvalue weighted by molar-refractivity contribution is -0.122. The van der Waals surface area contributed by atoms with Gasteiger partial charge in [0, 0.05) is 31.6 Å². The van der Waals surface area contributed by atoms with Crippen LogP contribution >= 0.6 is 11.8 Å². The molecule has 1 saturated carbocycles. The first kappa shape index (κ1) is 15.8. The Morgan fingerprint density at radius 3 is 2.72 bits per heavy atom. The molecule has 1 aliphatic rings. The van der Waals surface area contributed by atoms with Crippen molar-refractivity contribution < 1.29 is 9.53 Å². The predicted molar refractivity (Wildman–Crippen MR) is 77.1 cm³/mol. The number of amides is 1. The van der Waals surface area contributed by atoms with Gasteiger partial charge in [0.1, 0.15) is 0 Å². The Morgan fingerprint density at radius 2 is 2.22 bits per heavy atom. The van der Waals surface area contributed by atoms with Gasteiger partial charge in [-0.2, -0.15) is 11.8 Å². The third-order valence-electron chi connectivity index (χ3n) is 3.65. The van der Waals surface area contributed by atoms with Crippen molar-refractivity contribution in [3.05, 3.63) is 0 Å². The van der Waals surface area contributed by atoms with E-state index in [9.17, 15) is 4.79 Å². The maximum Gasteiger partial charge on any atom is 0.236 e. The van der Waals surface area contributed by atoms with Gasteiger partial charge in [-0.05, 0) is 32.4 Å². The number of methoxy groups -OCH3 is 1. The topological polar surface area (TPSA) is 50.4 Å². The molecule has 5 heteroatoms. The van der Waals surface area contributed by atoms with Crippen LogP contribution in [0, 0.1) is 0 Å². The van der Waals surface area contributed by atoms with Gasteiger partial charge in [0.05, 0.1) is 6.04 Å². The minimum Gasteiger partial charge on any atom is -0.385 e. The minimum absolute atomic E-state index is 0.0849. The van der Waals surface area contributed by atoms with Crippen LogP contribution in [0.4, 0.5) is 0 Å². The molecule has 1 rings (SSSR count). The first-order chi connectivity index (χ1) is 8.63. The highest BCUT2D eigenvalue weighted by atomic mass is 32.2. The second-order valence-corrected chi connectivity index (χ2v) is 6.25. The third kappa shape index (κ3) is 4.78. The second-order valence-electron chi connectivity index (χ2n) is 4.98. The van der Waals surface area contributed by atoms with Gasteiger partial charge < -0.3 is 15.4 Å². The molecule has 0 bridgehead atoms. The molecule has 18 heavy (non-hydrogen) atoms. The summed E-state index contributed by atoms with van der Waals surface area (Å²) in [5, 5.41) is 6.27. The smallest absolute Gasteiger partial charge is 0.236 e. The van der Waals surface area contributed by atoms with Gasteiger partial charge in [-0.15, -0.1) is 0 Å². The number of rotatable bonds is 9. The van der Waals surface area contributed by atoms with E-state index in [-0.39, 0.29) is 11.9 Å². The van der Waals surface area contributed by atoms with Gasteiger partial charge in [-0.3, -0.25) is 4.79 Å². The van der Waals surface area contributed by atoms with E-state index in [0.29, 0.717) is 17.9 Å². The lowest BCUT2D eigenvalue weighted by Crippen LogP contribution is -2.50. The van der Waals surface area contributed by atoms with Crippen LogP contribution in [-0.2, 0) is 9.53 Å². The van der Waals surface area contributed by atoms with Crippen molar-refractivity contribution in [2.75, 3.05) is 33.1 Å². The van der Waals surface area contributed by atoms with Crippen molar-refractivity contribution in [3.8, 4) is 0 Å². The molecule has 1 fully saturated rings. The molecule has 1 unspecified atom stereocenters. The first-order valence-electron chi connectivity index (χ1n) is 6.69. The van der Waals surface area contributed by atoms with Crippen LogP contribution < -0.4 is 10.6 Å². The van der Waals surface area contributed by atoms with Crippen molar-refractivity contribution in [1.29, 1.82) is 0 Å². The van der Waals surface area contributed by atoms with Gasteiger partial charge in [-0.1, -0.05) is 6.42 Å². The molecule has 0 aromatic carbocycles. The van der Waals surface area contributed by atoms with E-state index in [1.165, 1.54) is 19.3 Å². The van der Waals surface area contributed by atoms with Crippen LogP contribution in [0.15, 0.2) is 0 Å². The number of nitrogens with one attached hydrogen (secondary N) is 2. The molecule has 0 spiro atoms. The molecule has 1 atom stereocenters. The maximum absolute atomic E-state index is 11.8. The van der Waals surface area contributed by atoms with E-state index in [2.05, 4.69) is 16.9 Å². The SMILES string of the molecule is COCCCNC(=O)C(C)NCC1(SC)CCC1. The van der Waals surface area contributed by atoms with Gasteiger partial charge in [-0.25, -0.2) is 0 Å². The summed E-state index contributed by atoms with van der Waals surface area (Å²) in [5.41, 5.74) is 0. The Balaban J connectivity index is 2.15. The van der Waals surface area contributed by atoms with E-state index in [4.69, 9.17) is 4.74 Å². The number of carbonyl (C=O) groups is 1. The van der Waals surface area contributed by atoms with Gasteiger partial charge in [0.2, 0.25) is 5.91 Å². The Kier molecular flexibility index (Phi) is 7.04. The van der Waals surface area contributed by atoms with Crippen molar-refractivity contribution in [2.24, 2.45) is 0 Å². The standard InChI is InChI=1S/C13H26N2O2S/c1-11(12(16)14-8-5-9-17-2)15-10-13(18-3)6-4-7-13/h11,15H,4-10H2,1-3H3,(H,14,16). The van der Waals surface area contributed by atoms with E-state index in [1.54, 1.807) is 7.11 Å². The molecule has 0 aromatic rings. The highest BCUT2D eigenvalue weighted by molar-refractivity contribution is 8.00. The summed E-state index contributed by atoms with van der Waals surface area (Å²) in [6, 6.07) is -0.114. The van der Waals surface area contributed by atoms with E-state index in [0.717, 1.165) is 13.0 Å². The van der Waals surface area contributed by atoms with Crippen LogP contribution in [0.3, 0.4) is 0 Å². The Labute approximate surface area is 115 Å². The highest BCUT2D eigenvalue weighted by Crippen LogP contribution is 2.42. The molecule has 1 amide bonds. The molecule has 0 radical (unpaired) electrons. The van der Waals surface area contributed by atoms with E-state index < -0.39 is 0 Å². The summed E-state index contributed by atoms with van der Waals surface area (Å²) < 4.78 is 5.32. The summed E-state index contributed by atoms with van der Waals surface area (Å²) in [6.07, 6.45) is 6.88. The van der Waals surface area contributed by atoms with E-state index >= 15 is 0 Å². The zero-order valence-corrected chi connectivity index (χ0v) is 12.6. The third-order valence-corrected chi connectivity index (χ3v) is 5.06. The average molecular weight is 274 g/mol. The lowest BCUT2D eigenvalue weighted by Gasteiger charge is -2.41. The van der Waals surface area contributed by atoms with Crippen molar-refractivity contribution >= 4 is 17.7 Å². The lowest BCUT2D eigenvalue weighted by atomic mass is 9.84. The molecule has 2 N–H and O–H groups in total. The number of ether oxygens (including phenoxy) is 1. The molecule has 4 nitrogen and oxygen atoms in total. The molecule has 0 aromatic heterocycles. The fraction of sp³-hybridized carbons (Fsp3) is 0.923. The van der Waals surface area contributed by atoms with Crippen LogP contribution in [-0.4, -0.2) is 49.8 Å². The van der Waals surface area contributed by atoms with Crippen LogP contribution in [0.2, 0.25) is 0 Å². The van der Waals surface area contributed by atoms with E-state index in [1.807, 2.05) is 18.7 Å². The molecule has 0 saturated heterocycles. The predicted octanol–water partition coefficient (Wildman–Crippen LogP) is 1.40. The van der Waals surface area contributed by atoms with Crippen LogP contribution in [0.1, 0.15) is 32.6 Å². The van der Waals surface area contributed by atoms with Gasteiger partial charge in [0.15, 0.2) is 0 Å². The molecule has 0 aliphatic heterocycles. The molecule has 0 heterocycles. The van der Waals surface area contributed by atoms with Gasteiger partial charge >= 0.3 is 0 Å². The minimum atomic E-state index is -0.114. The summed E-state index contributed by atoms with van der Waals surface area (Å²) in [7, 11) is 1.67. The zero-order valence-electron chi connectivity index (χ0n) is 11.8. The number of thioether (sulfide) groups is 1. The number of carbonyl (C=O) groups excluding carboxylic acids is 1. The van der Waals surface area contributed by atoms with Crippen molar-refractivity contribution in [3.63, 3.8) is 0 Å². The normalized spacial score (nSPS) is 19.1. The number of hydrogen-bond acceptors (Lipinski definition) is 4. The summed E-state index contributed by atoms with van der Waals surface area (Å²) in [6.45, 7) is 4.24. The Morgan fingerprint density at radius 1 is 1.50 bits per heavy atom. The monoisotopic (exact) mass is 274 g/mol. The molecule has 106 valence electrons. The van der Waals surface area contributed by atoms with Crippen molar-refractivity contribution in [2.45, 2.75) is 43.4 Å². The Hall–Kier alpha value is -0.260.